The Morgan fingerprint density at radius 3 is 2.60 bits per heavy atom. The second-order valence-electron chi connectivity index (χ2n) is 4.18. The summed E-state index contributed by atoms with van der Waals surface area (Å²) in [6.45, 7) is 0. The molecule has 3 rings (SSSR count). The highest BCUT2D eigenvalue weighted by Crippen LogP contribution is 2.26. The number of rotatable bonds is 2. The van der Waals surface area contributed by atoms with Crippen LogP contribution in [0.1, 0.15) is 5.56 Å². The van der Waals surface area contributed by atoms with E-state index in [1.807, 2.05) is 6.07 Å². The summed E-state index contributed by atoms with van der Waals surface area (Å²) in [4.78, 5) is 14.6. The third-order valence-corrected chi connectivity index (χ3v) is 3.03. The maximum Gasteiger partial charge on any atom is 0.297 e. The number of nitro groups is 1. The molecular weight excluding hydrogens is 256 g/mol. The van der Waals surface area contributed by atoms with E-state index < -0.39 is 4.92 Å². The maximum atomic E-state index is 11.0. The van der Waals surface area contributed by atoms with Gasteiger partial charge in [-0.2, -0.15) is 5.26 Å². The first kappa shape index (κ1) is 11.9. The predicted octanol–water partition coefficient (Wildman–Crippen LogP) is 2.81. The van der Waals surface area contributed by atoms with E-state index in [9.17, 15) is 10.1 Å². The Balaban J connectivity index is 2.20. The van der Waals surface area contributed by atoms with Crippen molar-refractivity contribution in [3.05, 3.63) is 64.5 Å². The molecule has 2 aromatic carbocycles. The Morgan fingerprint density at radius 1 is 1.20 bits per heavy atom. The lowest BCUT2D eigenvalue weighted by Crippen LogP contribution is -1.93. The monoisotopic (exact) mass is 264 g/mol. The minimum absolute atomic E-state index is 0.0186. The van der Waals surface area contributed by atoms with E-state index in [0.717, 1.165) is 5.69 Å². The highest BCUT2D eigenvalue weighted by atomic mass is 16.6. The molecule has 0 fully saturated rings. The van der Waals surface area contributed by atoms with Crippen molar-refractivity contribution in [2.75, 3.05) is 0 Å². The van der Waals surface area contributed by atoms with Gasteiger partial charge in [0.15, 0.2) is 5.52 Å². The molecule has 0 unspecified atom stereocenters. The van der Waals surface area contributed by atoms with Gasteiger partial charge in [-0.15, -0.1) is 0 Å². The van der Waals surface area contributed by atoms with Crippen LogP contribution in [0.2, 0.25) is 0 Å². The van der Waals surface area contributed by atoms with Crippen molar-refractivity contribution in [3.8, 4) is 11.8 Å². The lowest BCUT2D eigenvalue weighted by molar-refractivity contribution is -0.383. The molecule has 0 radical (unpaired) electrons. The number of hydrogen-bond donors (Lipinski definition) is 0. The molecule has 0 spiro atoms. The smallest absolute Gasteiger partial charge is 0.297 e. The zero-order valence-corrected chi connectivity index (χ0v) is 10.2. The molecule has 1 heterocycles. The second kappa shape index (κ2) is 4.48. The van der Waals surface area contributed by atoms with E-state index in [4.69, 9.17) is 5.26 Å². The van der Waals surface area contributed by atoms with Gasteiger partial charge in [-0.1, -0.05) is 6.07 Å². The zero-order valence-electron chi connectivity index (χ0n) is 10.2. The minimum atomic E-state index is -0.446. The SMILES string of the molecule is N#Cc1ccc(-n2cnc3c([N+](=O)[O-])cccc32)cc1. The number of aromatic nitrogens is 2. The number of hydrogen-bond acceptors (Lipinski definition) is 4. The Kier molecular flexibility index (Phi) is 2.66. The molecular formula is C14H8N4O2. The molecule has 0 saturated heterocycles. The van der Waals surface area contributed by atoms with E-state index >= 15 is 0 Å². The van der Waals surface area contributed by atoms with E-state index in [1.54, 1.807) is 47.3 Å². The molecule has 20 heavy (non-hydrogen) atoms. The number of para-hydroxylation sites is 1. The van der Waals surface area contributed by atoms with Gasteiger partial charge in [-0.3, -0.25) is 14.7 Å². The van der Waals surface area contributed by atoms with Crippen LogP contribution >= 0.6 is 0 Å². The first-order chi connectivity index (χ1) is 9.70. The maximum absolute atomic E-state index is 11.0. The average Bonchev–Trinajstić information content (AvgIpc) is 2.91. The van der Waals surface area contributed by atoms with Gasteiger partial charge in [0.25, 0.3) is 5.69 Å². The quantitative estimate of drug-likeness (QED) is 0.526. The Labute approximate surface area is 113 Å². The van der Waals surface area contributed by atoms with E-state index in [1.165, 1.54) is 6.07 Å². The number of nitro benzene ring substituents is 1. The van der Waals surface area contributed by atoms with Crippen LogP contribution in [-0.2, 0) is 0 Å². The molecule has 0 aliphatic heterocycles. The van der Waals surface area contributed by atoms with Crippen LogP contribution in [0.3, 0.4) is 0 Å². The molecule has 0 N–H and O–H groups in total. The number of fused-ring (bicyclic) bond motifs is 1. The third kappa shape index (κ3) is 1.78. The summed E-state index contributed by atoms with van der Waals surface area (Å²) in [5.41, 5.74) is 2.34. The van der Waals surface area contributed by atoms with Crippen molar-refractivity contribution in [2.45, 2.75) is 0 Å². The number of nitrogens with zero attached hydrogens (tertiary/aromatic N) is 4. The lowest BCUT2D eigenvalue weighted by Gasteiger charge is -2.03. The van der Waals surface area contributed by atoms with Crippen molar-refractivity contribution >= 4 is 16.7 Å². The Hall–Kier alpha value is -3.20. The lowest BCUT2D eigenvalue weighted by atomic mass is 10.2. The standard InChI is InChI=1S/C14H8N4O2/c15-8-10-4-6-11(7-5-10)17-9-16-14-12(17)2-1-3-13(14)18(19)20/h1-7,9H. The molecule has 0 atom stereocenters. The summed E-state index contributed by atoms with van der Waals surface area (Å²) in [6.07, 6.45) is 1.54. The van der Waals surface area contributed by atoms with Crippen molar-refractivity contribution in [1.29, 1.82) is 5.26 Å². The van der Waals surface area contributed by atoms with Crippen molar-refractivity contribution in [2.24, 2.45) is 0 Å². The fourth-order valence-electron chi connectivity index (χ4n) is 2.07. The molecule has 6 heteroatoms. The normalized spacial score (nSPS) is 10.3. The minimum Gasteiger partial charge on any atom is -0.299 e. The molecule has 3 aromatic rings. The van der Waals surface area contributed by atoms with E-state index in [2.05, 4.69) is 4.98 Å². The zero-order chi connectivity index (χ0) is 14.1. The Bertz CT molecular complexity index is 844. The molecule has 1 aromatic heterocycles. The molecule has 6 nitrogen and oxygen atoms in total. The summed E-state index contributed by atoms with van der Waals surface area (Å²) < 4.78 is 1.75. The van der Waals surface area contributed by atoms with Gasteiger partial charge >= 0.3 is 0 Å². The van der Waals surface area contributed by atoms with E-state index in [0.29, 0.717) is 16.6 Å². The summed E-state index contributed by atoms with van der Waals surface area (Å²) in [5, 5.41) is 19.7. The van der Waals surface area contributed by atoms with Crippen LogP contribution < -0.4 is 0 Å². The van der Waals surface area contributed by atoms with Gasteiger partial charge in [0.1, 0.15) is 6.33 Å². The summed E-state index contributed by atoms with van der Waals surface area (Å²) >= 11 is 0. The summed E-state index contributed by atoms with van der Waals surface area (Å²) in [7, 11) is 0. The molecule has 0 bridgehead atoms. The van der Waals surface area contributed by atoms with Crippen LogP contribution in [0.15, 0.2) is 48.8 Å². The van der Waals surface area contributed by atoms with Crippen molar-refractivity contribution < 1.29 is 4.92 Å². The number of non-ortho nitro benzene ring substituents is 1. The van der Waals surface area contributed by atoms with Gasteiger partial charge in [0.05, 0.1) is 22.1 Å². The van der Waals surface area contributed by atoms with Gasteiger partial charge < -0.3 is 0 Å². The summed E-state index contributed by atoms with van der Waals surface area (Å²) in [5.74, 6) is 0. The number of benzene rings is 2. The topological polar surface area (TPSA) is 84.8 Å². The molecule has 0 saturated carbocycles. The number of imidazole rings is 1. The third-order valence-electron chi connectivity index (χ3n) is 3.03. The molecule has 96 valence electrons. The van der Waals surface area contributed by atoms with Gasteiger partial charge in [0.2, 0.25) is 0 Å². The van der Waals surface area contributed by atoms with Crippen LogP contribution in [0.4, 0.5) is 5.69 Å². The fourth-order valence-corrected chi connectivity index (χ4v) is 2.07. The van der Waals surface area contributed by atoms with E-state index in [-0.39, 0.29) is 5.69 Å². The van der Waals surface area contributed by atoms with Gasteiger partial charge in [0, 0.05) is 11.8 Å². The fraction of sp³-hybridized carbons (Fsp3) is 0. The first-order valence-corrected chi connectivity index (χ1v) is 5.81. The van der Waals surface area contributed by atoms with Crippen LogP contribution in [0.25, 0.3) is 16.7 Å². The highest BCUT2D eigenvalue weighted by molar-refractivity contribution is 5.86. The van der Waals surface area contributed by atoms with Crippen molar-refractivity contribution in [1.82, 2.24) is 9.55 Å². The summed E-state index contributed by atoms with van der Waals surface area (Å²) in [6, 6.07) is 13.8. The average molecular weight is 264 g/mol. The van der Waals surface area contributed by atoms with Crippen LogP contribution in [-0.4, -0.2) is 14.5 Å². The largest absolute Gasteiger partial charge is 0.299 e. The van der Waals surface area contributed by atoms with Gasteiger partial charge in [-0.05, 0) is 30.3 Å². The van der Waals surface area contributed by atoms with Crippen molar-refractivity contribution in [3.63, 3.8) is 0 Å². The van der Waals surface area contributed by atoms with Crippen LogP contribution in [0.5, 0.6) is 0 Å². The number of nitriles is 1. The van der Waals surface area contributed by atoms with Crippen LogP contribution in [0, 0.1) is 21.4 Å². The second-order valence-corrected chi connectivity index (χ2v) is 4.18. The van der Waals surface area contributed by atoms with Gasteiger partial charge in [-0.25, -0.2) is 4.98 Å². The predicted molar refractivity (Wildman–Crippen MR) is 72.4 cm³/mol. The highest BCUT2D eigenvalue weighted by Gasteiger charge is 2.15. The molecule has 0 aliphatic rings. The Morgan fingerprint density at radius 2 is 1.95 bits per heavy atom. The first-order valence-electron chi connectivity index (χ1n) is 5.81. The molecule has 0 aliphatic carbocycles. The molecule has 0 amide bonds.